The molecule has 1 unspecified atom stereocenters. The van der Waals surface area contributed by atoms with Gasteiger partial charge in [0.2, 0.25) is 5.89 Å². The standard InChI is InChI=1S/C15H20N4O3S2/c16-15(7-1-2-8-15)14-17-13(22-18-14)11-5-3-9-19(11)24(20,21)12-6-4-10-23-12/h4,6,10-11H,1-3,5,7-9,16H2. The van der Waals surface area contributed by atoms with Gasteiger partial charge in [0.05, 0.1) is 5.54 Å². The molecule has 24 heavy (non-hydrogen) atoms. The molecule has 1 atom stereocenters. The molecule has 2 aromatic heterocycles. The van der Waals surface area contributed by atoms with Crippen LogP contribution in [0.15, 0.2) is 26.2 Å². The minimum absolute atomic E-state index is 0.347. The van der Waals surface area contributed by atoms with Crippen molar-refractivity contribution >= 4 is 21.4 Å². The van der Waals surface area contributed by atoms with E-state index in [1.165, 1.54) is 15.6 Å². The SMILES string of the molecule is NC1(c2noc(C3CCCN3S(=O)(=O)c3cccs3)n2)CCCC1. The number of rotatable bonds is 4. The molecule has 0 bridgehead atoms. The number of aromatic nitrogens is 2. The van der Waals surface area contributed by atoms with Gasteiger partial charge in [-0.05, 0) is 37.1 Å². The number of nitrogens with two attached hydrogens (primary N) is 1. The average molecular weight is 368 g/mol. The fourth-order valence-corrected chi connectivity index (χ4v) is 6.37. The first kappa shape index (κ1) is 16.2. The Morgan fingerprint density at radius 1 is 1.33 bits per heavy atom. The van der Waals surface area contributed by atoms with Crippen molar-refractivity contribution < 1.29 is 12.9 Å². The zero-order chi connectivity index (χ0) is 16.8. The summed E-state index contributed by atoms with van der Waals surface area (Å²) in [4.78, 5) is 4.49. The van der Waals surface area contributed by atoms with Gasteiger partial charge in [0, 0.05) is 6.54 Å². The third-order valence-corrected chi connectivity index (χ3v) is 8.21. The van der Waals surface area contributed by atoms with Crippen LogP contribution in [0.5, 0.6) is 0 Å². The molecule has 0 radical (unpaired) electrons. The number of hydrogen-bond donors (Lipinski definition) is 1. The van der Waals surface area contributed by atoms with Crippen molar-refractivity contribution in [2.45, 2.75) is 54.3 Å². The molecule has 2 fully saturated rings. The molecule has 1 aliphatic carbocycles. The second-order valence-electron chi connectivity index (χ2n) is 6.53. The number of nitrogens with zero attached hydrogens (tertiary/aromatic N) is 3. The fraction of sp³-hybridized carbons (Fsp3) is 0.600. The van der Waals surface area contributed by atoms with E-state index in [9.17, 15) is 8.42 Å². The number of hydrogen-bond acceptors (Lipinski definition) is 7. The molecule has 9 heteroatoms. The summed E-state index contributed by atoms with van der Waals surface area (Å²) < 4.78 is 32.9. The highest BCUT2D eigenvalue weighted by Gasteiger charge is 2.42. The van der Waals surface area contributed by atoms with Gasteiger partial charge in [-0.3, -0.25) is 0 Å². The summed E-state index contributed by atoms with van der Waals surface area (Å²) in [7, 11) is -3.52. The maximum absolute atomic E-state index is 12.8. The quantitative estimate of drug-likeness (QED) is 0.889. The third-order valence-electron chi connectivity index (χ3n) is 4.93. The molecule has 1 saturated heterocycles. The molecule has 4 rings (SSSR count). The van der Waals surface area contributed by atoms with Gasteiger partial charge >= 0.3 is 0 Å². The summed E-state index contributed by atoms with van der Waals surface area (Å²) in [5, 5.41) is 5.83. The zero-order valence-electron chi connectivity index (χ0n) is 13.2. The molecule has 0 spiro atoms. The lowest BCUT2D eigenvalue weighted by Gasteiger charge is -2.20. The maximum Gasteiger partial charge on any atom is 0.253 e. The monoisotopic (exact) mass is 368 g/mol. The minimum Gasteiger partial charge on any atom is -0.337 e. The van der Waals surface area contributed by atoms with E-state index in [2.05, 4.69) is 10.1 Å². The molecule has 0 aromatic carbocycles. The first-order valence-corrected chi connectivity index (χ1v) is 10.5. The molecule has 2 N–H and O–H groups in total. The Balaban J connectivity index is 1.63. The molecular weight excluding hydrogens is 348 g/mol. The molecule has 7 nitrogen and oxygen atoms in total. The lowest BCUT2D eigenvalue weighted by molar-refractivity contribution is 0.285. The van der Waals surface area contributed by atoms with Crippen LogP contribution in [0.25, 0.3) is 0 Å². The Hall–Kier alpha value is -1.29. The smallest absolute Gasteiger partial charge is 0.253 e. The second-order valence-corrected chi connectivity index (χ2v) is 9.59. The molecule has 0 amide bonds. The summed E-state index contributed by atoms with van der Waals surface area (Å²) >= 11 is 1.22. The summed E-state index contributed by atoms with van der Waals surface area (Å²) in [5.41, 5.74) is 5.84. The summed E-state index contributed by atoms with van der Waals surface area (Å²) in [6, 6.07) is 2.97. The van der Waals surface area contributed by atoms with Crippen LogP contribution in [-0.2, 0) is 15.6 Å². The van der Waals surface area contributed by atoms with Gasteiger partial charge in [-0.2, -0.15) is 9.29 Å². The van der Waals surface area contributed by atoms with Crippen LogP contribution in [0, 0.1) is 0 Å². The van der Waals surface area contributed by atoms with Crippen molar-refractivity contribution in [1.29, 1.82) is 0 Å². The van der Waals surface area contributed by atoms with Crippen LogP contribution in [-0.4, -0.2) is 29.4 Å². The van der Waals surface area contributed by atoms with Gasteiger partial charge < -0.3 is 10.3 Å². The van der Waals surface area contributed by atoms with Crippen molar-refractivity contribution in [3.8, 4) is 0 Å². The van der Waals surface area contributed by atoms with Crippen LogP contribution < -0.4 is 5.73 Å². The van der Waals surface area contributed by atoms with Crippen molar-refractivity contribution in [3.05, 3.63) is 29.2 Å². The van der Waals surface area contributed by atoms with Crippen LogP contribution in [0.2, 0.25) is 0 Å². The van der Waals surface area contributed by atoms with E-state index in [1.807, 2.05) is 0 Å². The predicted octanol–water partition coefficient (Wildman–Crippen LogP) is 2.38. The van der Waals surface area contributed by atoms with E-state index in [1.54, 1.807) is 17.5 Å². The Morgan fingerprint density at radius 2 is 2.12 bits per heavy atom. The first-order valence-electron chi connectivity index (χ1n) is 8.19. The van der Waals surface area contributed by atoms with Crippen LogP contribution in [0.4, 0.5) is 0 Å². The molecule has 130 valence electrons. The molecule has 2 aromatic rings. The molecule has 1 saturated carbocycles. The van der Waals surface area contributed by atoms with Crippen molar-refractivity contribution in [2.75, 3.05) is 6.54 Å². The van der Waals surface area contributed by atoms with E-state index in [0.29, 0.717) is 28.9 Å². The van der Waals surface area contributed by atoms with Crippen molar-refractivity contribution in [2.24, 2.45) is 5.73 Å². The zero-order valence-corrected chi connectivity index (χ0v) is 14.9. The normalized spacial score (nSPS) is 24.6. The molecule has 1 aliphatic heterocycles. The first-order chi connectivity index (χ1) is 11.5. The van der Waals surface area contributed by atoms with Gasteiger partial charge in [0.1, 0.15) is 10.3 Å². The highest BCUT2D eigenvalue weighted by molar-refractivity contribution is 7.91. The lowest BCUT2D eigenvalue weighted by Crippen LogP contribution is -2.34. The second kappa shape index (κ2) is 5.91. The highest BCUT2D eigenvalue weighted by Crippen LogP contribution is 2.39. The lowest BCUT2D eigenvalue weighted by atomic mass is 9.99. The summed E-state index contributed by atoms with van der Waals surface area (Å²) in [6.07, 6.45) is 5.26. The average Bonchev–Trinajstić information content (AvgIpc) is 3.31. The Morgan fingerprint density at radius 3 is 2.83 bits per heavy atom. The summed E-state index contributed by atoms with van der Waals surface area (Å²) in [6.45, 7) is 0.469. The van der Waals surface area contributed by atoms with Crippen LogP contribution in [0.1, 0.15) is 56.3 Å². The third kappa shape index (κ3) is 2.59. The van der Waals surface area contributed by atoms with E-state index >= 15 is 0 Å². The van der Waals surface area contributed by atoms with E-state index in [-0.39, 0.29) is 0 Å². The Labute approximate surface area is 144 Å². The topological polar surface area (TPSA) is 102 Å². The molecular formula is C15H20N4O3S2. The summed E-state index contributed by atoms with van der Waals surface area (Å²) in [5.74, 6) is 0.870. The van der Waals surface area contributed by atoms with Crippen molar-refractivity contribution in [3.63, 3.8) is 0 Å². The van der Waals surface area contributed by atoms with Gasteiger partial charge in [-0.25, -0.2) is 8.42 Å². The Kier molecular flexibility index (Phi) is 3.98. The van der Waals surface area contributed by atoms with Crippen LogP contribution in [0.3, 0.4) is 0 Å². The van der Waals surface area contributed by atoms with E-state index < -0.39 is 21.6 Å². The van der Waals surface area contributed by atoms with E-state index in [4.69, 9.17) is 10.3 Å². The number of sulfonamides is 1. The largest absolute Gasteiger partial charge is 0.337 e. The van der Waals surface area contributed by atoms with Gasteiger partial charge in [-0.15, -0.1) is 11.3 Å². The van der Waals surface area contributed by atoms with Gasteiger partial charge in [0.15, 0.2) is 5.82 Å². The molecule has 2 aliphatic rings. The maximum atomic E-state index is 12.8. The van der Waals surface area contributed by atoms with E-state index in [0.717, 1.165) is 32.1 Å². The van der Waals surface area contributed by atoms with Crippen LogP contribution >= 0.6 is 11.3 Å². The number of thiophene rings is 1. The Bertz CT molecular complexity index is 810. The fourth-order valence-electron chi connectivity index (χ4n) is 3.60. The van der Waals surface area contributed by atoms with Gasteiger partial charge in [0.25, 0.3) is 10.0 Å². The predicted molar refractivity (Wildman–Crippen MR) is 88.8 cm³/mol. The molecule has 3 heterocycles. The highest BCUT2D eigenvalue weighted by atomic mass is 32.2. The minimum atomic E-state index is -3.52. The van der Waals surface area contributed by atoms with Gasteiger partial charge in [-0.1, -0.05) is 24.1 Å². The van der Waals surface area contributed by atoms with Crippen molar-refractivity contribution in [1.82, 2.24) is 14.4 Å².